The molecule has 0 bridgehead atoms. The minimum absolute atomic E-state index is 0.0719. The van der Waals surface area contributed by atoms with Crippen LogP contribution >= 0.6 is 0 Å². The zero-order valence-corrected chi connectivity index (χ0v) is 26.8. The monoisotopic (exact) mass is 555 g/mol. The molecule has 3 rings (SSSR count). The second kappa shape index (κ2) is 11.8. The van der Waals surface area contributed by atoms with E-state index in [9.17, 15) is 4.79 Å². The van der Waals surface area contributed by atoms with Crippen LogP contribution < -0.4 is 0 Å². The molecule has 3 atom stereocenters. The van der Waals surface area contributed by atoms with Crippen LogP contribution in [0.4, 0.5) is 0 Å². The van der Waals surface area contributed by atoms with Crippen molar-refractivity contribution < 1.29 is 23.5 Å². The quantitative estimate of drug-likeness (QED) is 0.180. The molecule has 1 aliphatic rings. The minimum atomic E-state index is -2.39. The minimum Gasteiger partial charge on any atom is -0.460 e. The lowest BCUT2D eigenvalue weighted by molar-refractivity contribution is -0.196. The molecule has 7 heteroatoms. The first-order valence-corrected chi connectivity index (χ1v) is 17.0. The first-order valence-electron chi connectivity index (χ1n) is 14.0. The van der Waals surface area contributed by atoms with Crippen molar-refractivity contribution in [2.75, 3.05) is 0 Å². The summed E-state index contributed by atoms with van der Waals surface area (Å²) in [5.41, 5.74) is 1.54. The van der Waals surface area contributed by atoms with Crippen LogP contribution in [0, 0.1) is 0 Å². The van der Waals surface area contributed by atoms with E-state index in [2.05, 4.69) is 63.2 Å². The third-order valence-electron chi connectivity index (χ3n) is 7.48. The van der Waals surface area contributed by atoms with Crippen LogP contribution in [0.1, 0.15) is 85.9 Å². The van der Waals surface area contributed by atoms with Crippen molar-refractivity contribution in [3.8, 4) is 0 Å². The number of esters is 1. The molecule has 1 heterocycles. The third-order valence-corrected chi connectivity index (χ3v) is 11.8. The smallest absolute Gasteiger partial charge is 0.308 e. The first-order chi connectivity index (χ1) is 17.9. The SMILES string of the molecule is C[C@@H]1OC(C)(C)O[C@H]1[C@H](CC(=O)OC(C)(C)C)N(O[Si](C)(C)C(C)(C)C)C(c1ccccc1)c1ccccc1. The molecular weight excluding hydrogens is 506 g/mol. The molecule has 1 aliphatic heterocycles. The van der Waals surface area contributed by atoms with E-state index in [-0.39, 0.29) is 29.6 Å². The van der Waals surface area contributed by atoms with Crippen molar-refractivity contribution >= 4 is 14.3 Å². The number of nitrogens with zero attached hydrogens (tertiary/aromatic N) is 1. The fourth-order valence-corrected chi connectivity index (χ4v) is 5.77. The van der Waals surface area contributed by atoms with Crippen molar-refractivity contribution in [1.29, 1.82) is 0 Å². The molecule has 0 aliphatic carbocycles. The summed E-state index contributed by atoms with van der Waals surface area (Å²) in [6, 6.07) is 19.9. The van der Waals surface area contributed by atoms with Crippen LogP contribution in [0.25, 0.3) is 0 Å². The molecule has 0 amide bonds. The van der Waals surface area contributed by atoms with E-state index < -0.39 is 31.9 Å². The Morgan fingerprint density at radius 3 is 1.79 bits per heavy atom. The molecule has 6 nitrogen and oxygen atoms in total. The number of carbonyl (C=O) groups excluding carboxylic acids is 1. The zero-order chi connectivity index (χ0) is 29.2. The number of hydroxylamine groups is 2. The average molecular weight is 556 g/mol. The van der Waals surface area contributed by atoms with Crippen LogP contribution in [0.15, 0.2) is 60.7 Å². The second-order valence-corrected chi connectivity index (χ2v) is 18.3. The van der Waals surface area contributed by atoms with Gasteiger partial charge in [0.15, 0.2) is 5.79 Å². The van der Waals surface area contributed by atoms with Gasteiger partial charge in [-0.15, -0.1) is 0 Å². The fraction of sp³-hybridized carbons (Fsp3) is 0.594. The van der Waals surface area contributed by atoms with Gasteiger partial charge in [0.05, 0.1) is 24.6 Å². The van der Waals surface area contributed by atoms with E-state index >= 15 is 0 Å². The molecule has 2 aromatic carbocycles. The highest BCUT2D eigenvalue weighted by Crippen LogP contribution is 2.43. The maximum Gasteiger partial charge on any atom is 0.308 e. The first kappa shape index (κ1) is 31.5. The maximum absolute atomic E-state index is 13.5. The van der Waals surface area contributed by atoms with Gasteiger partial charge in [-0.1, -0.05) is 81.4 Å². The highest BCUT2D eigenvalue weighted by atomic mass is 28.4. The van der Waals surface area contributed by atoms with Crippen molar-refractivity contribution in [2.45, 2.75) is 123 Å². The molecule has 0 aromatic heterocycles. The van der Waals surface area contributed by atoms with Gasteiger partial charge in [-0.2, -0.15) is 5.06 Å². The van der Waals surface area contributed by atoms with Gasteiger partial charge in [-0.25, -0.2) is 0 Å². The second-order valence-electron chi connectivity index (χ2n) is 13.6. The molecule has 0 spiro atoms. The molecule has 2 aromatic rings. The van der Waals surface area contributed by atoms with E-state index in [4.69, 9.17) is 18.7 Å². The number of hydrogen-bond donors (Lipinski definition) is 0. The summed E-state index contributed by atoms with van der Waals surface area (Å²) in [5, 5.41) is 1.98. The normalized spacial score (nSPS) is 20.8. The van der Waals surface area contributed by atoms with Gasteiger partial charge in [0.25, 0.3) is 0 Å². The summed E-state index contributed by atoms with van der Waals surface area (Å²) in [7, 11) is -2.39. The lowest BCUT2D eigenvalue weighted by Gasteiger charge is -2.47. The number of carbonyl (C=O) groups is 1. The Kier molecular flexibility index (Phi) is 9.55. The zero-order valence-electron chi connectivity index (χ0n) is 25.8. The molecule has 0 N–H and O–H groups in total. The number of hydrogen-bond acceptors (Lipinski definition) is 6. The van der Waals surface area contributed by atoms with Crippen molar-refractivity contribution in [3.63, 3.8) is 0 Å². The Bertz CT molecular complexity index is 1040. The summed E-state index contributed by atoms with van der Waals surface area (Å²) >= 11 is 0. The standard InChI is InChI=1S/C32H49NO5Si/c1-23-29(37-32(8,9)35-23)26(22-27(34)36-30(2,3)4)33(38-39(10,11)31(5,6)7)28(24-18-14-12-15-19-24)25-20-16-13-17-21-25/h12-21,23,26,28-29H,22H2,1-11H3/t23-,26-,29+/m0/s1. The molecular formula is C32H49NO5Si. The van der Waals surface area contributed by atoms with Crippen LogP contribution in [0.5, 0.6) is 0 Å². The van der Waals surface area contributed by atoms with Gasteiger partial charge in [0.2, 0.25) is 8.32 Å². The highest BCUT2D eigenvalue weighted by Gasteiger charge is 2.50. The molecule has 1 fully saturated rings. The molecule has 216 valence electrons. The van der Waals surface area contributed by atoms with E-state index in [1.807, 2.05) is 77.9 Å². The molecule has 39 heavy (non-hydrogen) atoms. The third kappa shape index (κ3) is 8.24. The lowest BCUT2D eigenvalue weighted by atomic mass is 9.94. The van der Waals surface area contributed by atoms with Gasteiger partial charge in [0, 0.05) is 0 Å². The fourth-order valence-electron chi connectivity index (χ4n) is 4.73. The maximum atomic E-state index is 13.5. The summed E-state index contributed by atoms with van der Waals surface area (Å²) in [5.74, 6) is -1.08. The summed E-state index contributed by atoms with van der Waals surface area (Å²) in [6.07, 6.45) is -0.589. The molecule has 1 saturated heterocycles. The lowest BCUT2D eigenvalue weighted by Crippen LogP contribution is -2.56. The Hall–Kier alpha value is -2.03. The van der Waals surface area contributed by atoms with Gasteiger partial charge < -0.3 is 18.7 Å². The summed E-state index contributed by atoms with van der Waals surface area (Å²) in [6.45, 7) is 22.6. The predicted molar refractivity (Wildman–Crippen MR) is 159 cm³/mol. The Labute approximate surface area is 237 Å². The van der Waals surface area contributed by atoms with Crippen molar-refractivity contribution in [3.05, 3.63) is 71.8 Å². The van der Waals surface area contributed by atoms with E-state index in [0.29, 0.717) is 0 Å². The Morgan fingerprint density at radius 2 is 1.41 bits per heavy atom. The largest absolute Gasteiger partial charge is 0.460 e. The van der Waals surface area contributed by atoms with Gasteiger partial charge in [-0.05, 0) is 70.8 Å². The van der Waals surface area contributed by atoms with Crippen LogP contribution in [-0.4, -0.2) is 49.0 Å². The Balaban J connectivity index is 2.23. The van der Waals surface area contributed by atoms with Crippen molar-refractivity contribution in [2.24, 2.45) is 0 Å². The van der Waals surface area contributed by atoms with Gasteiger partial charge >= 0.3 is 5.97 Å². The molecule has 0 saturated carbocycles. The van der Waals surface area contributed by atoms with Crippen LogP contribution in [0.3, 0.4) is 0 Å². The van der Waals surface area contributed by atoms with Gasteiger partial charge in [-0.3, -0.25) is 4.79 Å². The highest BCUT2D eigenvalue weighted by molar-refractivity contribution is 6.74. The Morgan fingerprint density at radius 1 is 0.923 bits per heavy atom. The molecule has 0 unspecified atom stereocenters. The van der Waals surface area contributed by atoms with Crippen molar-refractivity contribution in [1.82, 2.24) is 5.06 Å². The summed E-state index contributed by atoms with van der Waals surface area (Å²) < 4.78 is 25.8. The number of ether oxygens (including phenoxy) is 3. The number of rotatable bonds is 9. The predicted octanol–water partition coefficient (Wildman–Crippen LogP) is 7.66. The van der Waals surface area contributed by atoms with E-state index in [1.165, 1.54) is 0 Å². The van der Waals surface area contributed by atoms with Crippen LogP contribution in [-0.2, 0) is 23.5 Å². The van der Waals surface area contributed by atoms with Crippen LogP contribution in [0.2, 0.25) is 18.1 Å². The number of benzene rings is 2. The topological polar surface area (TPSA) is 57.2 Å². The summed E-state index contributed by atoms with van der Waals surface area (Å²) in [4.78, 5) is 13.5. The average Bonchev–Trinajstić information content (AvgIpc) is 3.08. The van der Waals surface area contributed by atoms with E-state index in [1.54, 1.807) is 0 Å². The van der Waals surface area contributed by atoms with E-state index in [0.717, 1.165) is 11.1 Å². The molecule has 0 radical (unpaired) electrons. The van der Waals surface area contributed by atoms with Gasteiger partial charge in [0.1, 0.15) is 11.7 Å².